The third-order valence-electron chi connectivity index (χ3n) is 10.6. The zero-order valence-electron chi connectivity index (χ0n) is 31.6. The van der Waals surface area contributed by atoms with Crippen molar-refractivity contribution in [2.75, 3.05) is 4.81 Å². The van der Waals surface area contributed by atoms with Crippen LogP contribution in [0.3, 0.4) is 0 Å². The molecule has 0 saturated carbocycles. The van der Waals surface area contributed by atoms with Crippen LogP contribution < -0.4 is 24.2 Å². The summed E-state index contributed by atoms with van der Waals surface area (Å²) in [6.45, 7) is 4.26. The maximum Gasteiger partial charge on any atom is 0.526 e. The van der Waals surface area contributed by atoms with E-state index in [9.17, 15) is 0 Å². The molecule has 1 aliphatic rings. The smallest absolute Gasteiger partial charge is 0.526 e. The maximum atomic E-state index is 6.65. The van der Waals surface area contributed by atoms with Crippen LogP contribution in [0.2, 0.25) is 0 Å². The van der Waals surface area contributed by atoms with Gasteiger partial charge in [0.15, 0.2) is 5.82 Å². The number of aromatic nitrogens is 3. The van der Waals surface area contributed by atoms with Crippen LogP contribution >= 0.6 is 0 Å². The van der Waals surface area contributed by atoms with Gasteiger partial charge in [0.25, 0.3) is 6.33 Å². The number of imidazole rings is 1. The molecule has 57 heavy (non-hydrogen) atoms. The van der Waals surface area contributed by atoms with E-state index in [-0.39, 0.29) is 7.05 Å². The monoisotopic (exact) mass is 736 g/mol. The largest absolute Gasteiger partial charge is 0.535 e. The van der Waals surface area contributed by atoms with Gasteiger partial charge in [-0.2, -0.15) is 0 Å². The van der Waals surface area contributed by atoms with Crippen LogP contribution in [0.15, 0.2) is 188 Å². The third kappa shape index (κ3) is 6.20. The minimum atomic E-state index is -0.367. The highest BCUT2D eigenvalue weighted by Crippen LogP contribution is 2.41. The summed E-state index contributed by atoms with van der Waals surface area (Å²) in [5.74, 6) is 2.94. The normalized spacial score (nSPS) is 12.1. The van der Waals surface area contributed by atoms with Crippen molar-refractivity contribution in [3.8, 4) is 50.9 Å². The second-order valence-electron chi connectivity index (χ2n) is 14.3. The lowest BCUT2D eigenvalue weighted by Crippen LogP contribution is -2.49. The number of ether oxygens (including phenoxy) is 1. The number of anilines is 2. The lowest BCUT2D eigenvalue weighted by molar-refractivity contribution is -0.571. The molecule has 0 N–H and O–H groups in total. The van der Waals surface area contributed by atoms with Gasteiger partial charge in [0.05, 0.1) is 22.4 Å². The number of hydrogen-bond donors (Lipinski definition) is 0. The molecule has 3 heterocycles. The molecule has 0 aliphatic carbocycles. The molecule has 0 atom stereocenters. The first-order valence-corrected chi connectivity index (χ1v) is 19.2. The van der Waals surface area contributed by atoms with Crippen LogP contribution in [-0.2, 0) is 0 Å². The topological polar surface area (TPSA) is 43.4 Å². The maximum absolute atomic E-state index is 6.65. The summed E-state index contributed by atoms with van der Waals surface area (Å²) in [6.07, 6.45) is 5.58. The number of hydrogen-bond acceptors (Lipinski definition) is 4. The van der Waals surface area contributed by atoms with E-state index in [1.165, 1.54) is 0 Å². The highest BCUT2D eigenvalue weighted by molar-refractivity contribution is 6.75. The van der Waals surface area contributed by atoms with Crippen molar-refractivity contribution in [3.05, 3.63) is 206 Å². The fraction of sp³-hybridized carbons (Fsp3) is 0.0400. The number of rotatable bonds is 8. The number of fused-ring (bicyclic) bond motifs is 2. The Bertz CT molecular complexity index is 2830. The lowest BCUT2D eigenvalue weighted by Gasteiger charge is -2.24. The Morgan fingerprint density at radius 2 is 1.19 bits per heavy atom. The minimum absolute atomic E-state index is 0.367. The first-order chi connectivity index (χ1) is 28.1. The van der Waals surface area contributed by atoms with Crippen LogP contribution in [0.5, 0.6) is 17.2 Å². The molecule has 0 saturated heterocycles. The van der Waals surface area contributed by atoms with Gasteiger partial charge in [-0.3, -0.25) is 9.13 Å². The van der Waals surface area contributed by atoms with Gasteiger partial charge in [-0.1, -0.05) is 145 Å². The van der Waals surface area contributed by atoms with Gasteiger partial charge in [-0.05, 0) is 84.0 Å². The average Bonchev–Trinajstić information content (AvgIpc) is 3.83. The Labute approximate surface area is 332 Å². The summed E-state index contributed by atoms with van der Waals surface area (Å²) in [7, 11) is -0.367. The van der Waals surface area contributed by atoms with Crippen LogP contribution in [0, 0.1) is 20.2 Å². The summed E-state index contributed by atoms with van der Waals surface area (Å²) in [5.41, 5.74) is 13.0. The second kappa shape index (κ2) is 14.4. The lowest BCUT2D eigenvalue weighted by atomic mass is 9.67. The quantitative estimate of drug-likeness (QED) is 0.0885. The van der Waals surface area contributed by atoms with Crippen molar-refractivity contribution < 1.29 is 14.0 Å². The van der Waals surface area contributed by atoms with Crippen molar-refractivity contribution >= 4 is 35.1 Å². The molecule has 7 aromatic carbocycles. The highest BCUT2D eigenvalue weighted by Gasteiger charge is 2.42. The standard InChI is InChI=1S/C50H37BN4O2/c1-35-16-11-17-36(2)48(35)51-55(50-47(57-51)30-15-31-52-50)40-23-13-25-42(33-40)56-41-24-12-22-39(32-41)53-34-54(46-29-10-9-28-45(46)53)49-43(37-18-5-3-6-19-37)26-14-27-44(49)38-20-7-4-8-21-38/h3-33H,1-2H3. The third-order valence-corrected chi connectivity index (χ3v) is 10.6. The fourth-order valence-corrected chi connectivity index (χ4v) is 8.02. The molecule has 0 radical (unpaired) electrons. The number of aryl methyl sites for hydroxylation is 2. The van der Waals surface area contributed by atoms with E-state index in [1.54, 1.807) is 0 Å². The molecule has 272 valence electrons. The van der Waals surface area contributed by atoms with Gasteiger partial charge in [-0.25, -0.2) is 4.98 Å². The molecular formula is C50H37BN4O2. The van der Waals surface area contributed by atoms with Crippen molar-refractivity contribution in [2.45, 2.75) is 13.8 Å². The van der Waals surface area contributed by atoms with E-state index in [2.05, 4.69) is 180 Å². The van der Waals surface area contributed by atoms with E-state index in [0.29, 0.717) is 11.5 Å². The second-order valence-corrected chi connectivity index (χ2v) is 14.3. The van der Waals surface area contributed by atoms with E-state index < -0.39 is 0 Å². The molecule has 1 aliphatic heterocycles. The molecule has 9 aromatic rings. The number of benzene rings is 7. The summed E-state index contributed by atoms with van der Waals surface area (Å²) in [4.78, 5) is 6.91. The summed E-state index contributed by atoms with van der Waals surface area (Å²) in [6, 6.07) is 62.7. The zero-order valence-corrected chi connectivity index (χ0v) is 31.6. The van der Waals surface area contributed by atoms with Crippen molar-refractivity contribution in [2.24, 2.45) is 0 Å². The molecule has 0 fully saturated rings. The van der Waals surface area contributed by atoms with E-state index in [1.807, 2.05) is 42.6 Å². The molecule has 0 spiro atoms. The fourth-order valence-electron chi connectivity index (χ4n) is 8.02. The highest BCUT2D eigenvalue weighted by atomic mass is 16.5. The van der Waals surface area contributed by atoms with Crippen LogP contribution in [0.25, 0.3) is 44.7 Å². The molecule has 2 aromatic heterocycles. The molecule has 10 rings (SSSR count). The Morgan fingerprint density at radius 1 is 0.596 bits per heavy atom. The van der Waals surface area contributed by atoms with E-state index >= 15 is 0 Å². The Balaban J connectivity index is 1.04. The predicted molar refractivity (Wildman–Crippen MR) is 229 cm³/mol. The van der Waals surface area contributed by atoms with Gasteiger partial charge < -0.3 is 14.2 Å². The van der Waals surface area contributed by atoms with Gasteiger partial charge in [0.1, 0.15) is 17.2 Å². The Hall–Kier alpha value is -7.38. The molecule has 6 nitrogen and oxygen atoms in total. The van der Waals surface area contributed by atoms with Gasteiger partial charge in [0, 0.05) is 18.0 Å². The van der Waals surface area contributed by atoms with Crippen LogP contribution in [0.4, 0.5) is 11.5 Å². The predicted octanol–water partition coefficient (Wildman–Crippen LogP) is 10.8. The summed E-state index contributed by atoms with van der Waals surface area (Å²) >= 11 is 0. The van der Waals surface area contributed by atoms with Crippen LogP contribution in [-0.4, -0.2) is 16.6 Å². The Morgan fingerprint density at radius 3 is 1.89 bits per heavy atom. The number of pyridine rings is 1. The summed E-state index contributed by atoms with van der Waals surface area (Å²) < 4.78 is 17.6. The molecular weight excluding hydrogens is 699 g/mol. The molecule has 0 amide bonds. The number of nitrogens with zero attached hydrogens (tertiary/aromatic N) is 4. The van der Waals surface area contributed by atoms with Gasteiger partial charge >= 0.3 is 7.05 Å². The average molecular weight is 737 g/mol. The van der Waals surface area contributed by atoms with Crippen molar-refractivity contribution in [1.29, 1.82) is 0 Å². The van der Waals surface area contributed by atoms with Crippen molar-refractivity contribution in [1.82, 2.24) is 9.55 Å². The first kappa shape index (κ1) is 34.1. The molecule has 0 bridgehead atoms. The molecule has 0 unspecified atom stereocenters. The number of para-hydroxylation sites is 3. The summed E-state index contributed by atoms with van der Waals surface area (Å²) in [5, 5.41) is 0. The first-order valence-electron chi connectivity index (χ1n) is 19.2. The zero-order chi connectivity index (χ0) is 38.3. The van der Waals surface area contributed by atoms with Gasteiger partial charge in [0.2, 0.25) is 0 Å². The van der Waals surface area contributed by atoms with Gasteiger partial charge in [-0.15, -0.1) is 0 Å². The van der Waals surface area contributed by atoms with Crippen molar-refractivity contribution in [3.63, 3.8) is 0 Å². The van der Waals surface area contributed by atoms with E-state index in [4.69, 9.17) is 14.4 Å². The van der Waals surface area contributed by atoms with Crippen LogP contribution in [0.1, 0.15) is 11.1 Å². The van der Waals surface area contributed by atoms with E-state index in [0.717, 1.165) is 78.5 Å². The Kier molecular flexibility index (Phi) is 8.60. The SMILES string of the molecule is Cc1cccc(C)c1B1Oc2cccnc2N1c1cccc(Oc2cccc(-n3[c-][n+](-c4c(-c5ccccc5)cccc4-c4ccccc4)c4ccccc43)c2)c1. The molecule has 7 heteroatoms. The minimum Gasteiger partial charge on any atom is -0.535 e.